The van der Waals surface area contributed by atoms with E-state index in [-0.39, 0.29) is 0 Å². The van der Waals surface area contributed by atoms with Crippen molar-refractivity contribution in [3.8, 4) is 16.3 Å². The van der Waals surface area contributed by atoms with Gasteiger partial charge >= 0.3 is 0 Å². The van der Waals surface area contributed by atoms with Gasteiger partial charge in [0.15, 0.2) is 0 Å². The molecule has 0 radical (unpaired) electrons. The number of thiophene rings is 1. The quantitative estimate of drug-likeness (QED) is 0.280. The van der Waals surface area contributed by atoms with Crippen LogP contribution in [0.4, 0.5) is 5.69 Å². The van der Waals surface area contributed by atoms with Gasteiger partial charge in [-0.1, -0.05) is 23.8 Å². The highest BCUT2D eigenvalue weighted by Crippen LogP contribution is 2.31. The van der Waals surface area contributed by atoms with Crippen molar-refractivity contribution < 1.29 is 4.74 Å². The van der Waals surface area contributed by atoms with Crippen LogP contribution in [0.15, 0.2) is 73.9 Å². The second kappa shape index (κ2) is 9.12. The summed E-state index contributed by atoms with van der Waals surface area (Å²) in [6.07, 6.45) is 1.90. The van der Waals surface area contributed by atoms with Crippen molar-refractivity contribution in [3.05, 3.63) is 85.3 Å². The van der Waals surface area contributed by atoms with E-state index in [1.165, 1.54) is 11.1 Å². The maximum Gasteiger partial charge on any atom is 0.211 e. The first-order chi connectivity index (χ1) is 14.5. The fourth-order valence-electron chi connectivity index (χ4n) is 2.97. The van der Waals surface area contributed by atoms with Crippen LogP contribution in [-0.4, -0.2) is 18.0 Å². The highest BCUT2D eigenvalue weighted by atomic mass is 79.9. The number of thiazole rings is 1. The molecule has 0 saturated heterocycles. The molecular weight excluding hydrogens is 478 g/mol. The molecule has 152 valence electrons. The number of halogens is 1. The summed E-state index contributed by atoms with van der Waals surface area (Å²) >= 11 is 6.81. The van der Waals surface area contributed by atoms with Crippen LogP contribution < -0.4 is 9.54 Å². The van der Waals surface area contributed by atoms with Crippen molar-refractivity contribution in [2.75, 3.05) is 7.11 Å². The van der Waals surface area contributed by atoms with E-state index in [4.69, 9.17) is 14.8 Å². The number of nitrogens with zero attached hydrogens (tertiary/aromatic N) is 3. The third-order valence-corrected chi connectivity index (χ3v) is 7.01. The van der Waals surface area contributed by atoms with Crippen LogP contribution in [0.5, 0.6) is 5.75 Å². The minimum Gasteiger partial charge on any atom is -0.497 e. The summed E-state index contributed by atoms with van der Waals surface area (Å²) in [4.78, 5) is 6.76. The molecule has 0 amide bonds. The summed E-state index contributed by atoms with van der Waals surface area (Å²) in [7, 11) is 1.66. The Morgan fingerprint density at radius 2 is 1.83 bits per heavy atom. The minimum absolute atomic E-state index is 0.806. The van der Waals surface area contributed by atoms with Gasteiger partial charge in [-0.25, -0.2) is 9.67 Å². The standard InChI is InChI=1S/C23H20BrN3OS2/c1-15-4-5-17(16(2)12-15)13-25-27-20(21-10-11-22(24)30-21)14-29-23(27)26-18-6-8-19(28-3)9-7-18/h4-14H,1-3H3/b25-13+,26-23?. The van der Waals surface area contributed by atoms with E-state index < -0.39 is 0 Å². The van der Waals surface area contributed by atoms with Crippen LogP contribution in [0.2, 0.25) is 0 Å². The molecular formula is C23H20BrN3OS2. The first-order valence-corrected chi connectivity index (χ1v) is 11.8. The van der Waals surface area contributed by atoms with Crippen molar-refractivity contribution in [2.24, 2.45) is 10.1 Å². The van der Waals surface area contributed by atoms with E-state index >= 15 is 0 Å². The molecule has 7 heteroatoms. The minimum atomic E-state index is 0.806. The van der Waals surface area contributed by atoms with Gasteiger partial charge in [-0.15, -0.1) is 22.7 Å². The molecule has 0 aliphatic carbocycles. The predicted octanol–water partition coefficient (Wildman–Crippen LogP) is 6.78. The zero-order valence-electron chi connectivity index (χ0n) is 16.8. The molecule has 30 heavy (non-hydrogen) atoms. The number of rotatable bonds is 5. The zero-order chi connectivity index (χ0) is 21.1. The number of methoxy groups -OCH3 is 1. The molecule has 0 saturated carbocycles. The monoisotopic (exact) mass is 497 g/mol. The molecule has 2 aromatic heterocycles. The Morgan fingerprint density at radius 1 is 1.03 bits per heavy atom. The largest absolute Gasteiger partial charge is 0.497 e. The molecule has 0 N–H and O–H groups in total. The lowest BCUT2D eigenvalue weighted by atomic mass is 10.1. The lowest BCUT2D eigenvalue weighted by Gasteiger charge is -2.04. The van der Waals surface area contributed by atoms with E-state index in [0.717, 1.165) is 36.2 Å². The summed E-state index contributed by atoms with van der Waals surface area (Å²) in [6, 6.07) is 18.2. The fraction of sp³-hybridized carbons (Fsp3) is 0.130. The second-order valence-electron chi connectivity index (χ2n) is 6.73. The second-order valence-corrected chi connectivity index (χ2v) is 10.0. The maximum absolute atomic E-state index is 5.24. The van der Waals surface area contributed by atoms with Crippen molar-refractivity contribution in [2.45, 2.75) is 13.8 Å². The van der Waals surface area contributed by atoms with Gasteiger partial charge < -0.3 is 4.74 Å². The summed E-state index contributed by atoms with van der Waals surface area (Å²) in [6.45, 7) is 4.20. The molecule has 0 bridgehead atoms. The molecule has 4 nitrogen and oxygen atoms in total. The lowest BCUT2D eigenvalue weighted by molar-refractivity contribution is 0.415. The Morgan fingerprint density at radius 3 is 2.50 bits per heavy atom. The van der Waals surface area contributed by atoms with E-state index in [9.17, 15) is 0 Å². The number of hydrogen-bond acceptors (Lipinski definition) is 5. The molecule has 0 fully saturated rings. The lowest BCUT2D eigenvalue weighted by Crippen LogP contribution is -2.11. The molecule has 0 spiro atoms. The third kappa shape index (κ3) is 4.64. The van der Waals surface area contributed by atoms with E-state index in [2.05, 4.69) is 65.5 Å². The normalized spacial score (nSPS) is 12.1. The van der Waals surface area contributed by atoms with Crippen LogP contribution >= 0.6 is 38.6 Å². The SMILES string of the molecule is COc1ccc(N=c2scc(-c3ccc(Br)s3)n2/N=C/c2ccc(C)cc2C)cc1. The van der Waals surface area contributed by atoms with Gasteiger partial charge in [0.05, 0.1) is 33.4 Å². The Bertz CT molecular complexity index is 1270. The van der Waals surface area contributed by atoms with Crippen LogP contribution in [0.1, 0.15) is 16.7 Å². The molecule has 0 atom stereocenters. The molecule has 0 unspecified atom stereocenters. The van der Waals surface area contributed by atoms with Gasteiger partial charge in [-0.2, -0.15) is 5.10 Å². The van der Waals surface area contributed by atoms with Gasteiger partial charge in [0, 0.05) is 5.38 Å². The van der Waals surface area contributed by atoms with Crippen LogP contribution in [0.3, 0.4) is 0 Å². The number of benzene rings is 2. The first kappa shape index (κ1) is 20.8. The molecule has 0 aliphatic rings. The van der Waals surface area contributed by atoms with Crippen molar-refractivity contribution >= 4 is 50.5 Å². The molecule has 2 aromatic carbocycles. The molecule has 2 heterocycles. The van der Waals surface area contributed by atoms with Crippen LogP contribution in [-0.2, 0) is 0 Å². The first-order valence-electron chi connectivity index (χ1n) is 9.30. The van der Waals surface area contributed by atoms with Gasteiger partial charge in [0.2, 0.25) is 4.80 Å². The van der Waals surface area contributed by atoms with Crippen molar-refractivity contribution in [1.29, 1.82) is 0 Å². The predicted molar refractivity (Wildman–Crippen MR) is 130 cm³/mol. The Balaban J connectivity index is 1.81. The highest BCUT2D eigenvalue weighted by Gasteiger charge is 2.10. The number of ether oxygens (including phenoxy) is 1. The highest BCUT2D eigenvalue weighted by molar-refractivity contribution is 9.11. The van der Waals surface area contributed by atoms with Gasteiger partial charge in [0.25, 0.3) is 0 Å². The van der Waals surface area contributed by atoms with Crippen LogP contribution in [0.25, 0.3) is 10.6 Å². The Labute approximate surface area is 192 Å². The summed E-state index contributed by atoms with van der Waals surface area (Å²) in [5, 5.41) is 6.91. The number of aryl methyl sites for hydroxylation is 2. The number of hydrogen-bond donors (Lipinski definition) is 0. The maximum atomic E-state index is 5.24. The Kier molecular flexibility index (Phi) is 6.32. The van der Waals surface area contributed by atoms with E-state index in [0.29, 0.717) is 0 Å². The van der Waals surface area contributed by atoms with Crippen LogP contribution in [0, 0.1) is 13.8 Å². The number of aromatic nitrogens is 1. The van der Waals surface area contributed by atoms with Gasteiger partial charge in [-0.3, -0.25) is 0 Å². The molecule has 4 aromatic rings. The average molecular weight is 498 g/mol. The summed E-state index contributed by atoms with van der Waals surface area (Å²) in [5.41, 5.74) is 5.40. The topological polar surface area (TPSA) is 38.9 Å². The Hall–Kier alpha value is -2.48. The molecule has 0 aliphatic heterocycles. The summed E-state index contributed by atoms with van der Waals surface area (Å²) < 4.78 is 8.24. The zero-order valence-corrected chi connectivity index (χ0v) is 20.0. The van der Waals surface area contributed by atoms with Gasteiger partial charge in [0.1, 0.15) is 5.75 Å². The van der Waals surface area contributed by atoms with Gasteiger partial charge in [-0.05, 0) is 77.3 Å². The van der Waals surface area contributed by atoms with Crippen molar-refractivity contribution in [3.63, 3.8) is 0 Å². The third-order valence-electron chi connectivity index (χ3n) is 4.55. The average Bonchev–Trinajstić information content (AvgIpc) is 3.34. The smallest absolute Gasteiger partial charge is 0.211 e. The van der Waals surface area contributed by atoms with E-state index in [1.54, 1.807) is 29.8 Å². The molecule has 4 rings (SSSR count). The van der Waals surface area contributed by atoms with E-state index in [1.807, 2.05) is 35.2 Å². The fourth-order valence-corrected chi connectivity index (χ4v) is 5.28. The van der Waals surface area contributed by atoms with Crippen molar-refractivity contribution in [1.82, 2.24) is 4.68 Å². The summed E-state index contributed by atoms with van der Waals surface area (Å²) in [5.74, 6) is 0.810.